The number of halogens is 1. The lowest BCUT2D eigenvalue weighted by molar-refractivity contribution is -0.146. The van der Waals surface area contributed by atoms with E-state index in [2.05, 4.69) is 10.6 Å². The molecule has 202 valence electrons. The van der Waals surface area contributed by atoms with Gasteiger partial charge in [-0.15, -0.1) is 0 Å². The number of nitrogens with one attached hydrogen (secondary N) is 2. The van der Waals surface area contributed by atoms with Crippen molar-refractivity contribution in [3.63, 3.8) is 0 Å². The molecule has 0 spiro atoms. The van der Waals surface area contributed by atoms with E-state index in [0.717, 1.165) is 64.2 Å². The van der Waals surface area contributed by atoms with Crippen LogP contribution < -0.4 is 10.6 Å². The van der Waals surface area contributed by atoms with E-state index in [4.69, 9.17) is 0 Å². The molecule has 0 radical (unpaired) electrons. The van der Waals surface area contributed by atoms with Gasteiger partial charge in [0, 0.05) is 30.7 Å². The van der Waals surface area contributed by atoms with Gasteiger partial charge in [-0.1, -0.05) is 44.6 Å². The summed E-state index contributed by atoms with van der Waals surface area (Å²) in [6.07, 6.45) is 7.79. The minimum absolute atomic E-state index is 0.0345. The number of benzene rings is 1. The van der Waals surface area contributed by atoms with Crippen molar-refractivity contribution in [3.05, 3.63) is 30.1 Å². The number of rotatable bonds is 7. The third-order valence-corrected chi connectivity index (χ3v) is 7.92. The predicted octanol–water partition coefficient (Wildman–Crippen LogP) is 3.95. The Labute approximate surface area is 216 Å². The van der Waals surface area contributed by atoms with Crippen molar-refractivity contribution in [3.8, 4) is 0 Å². The first-order valence-electron chi connectivity index (χ1n) is 13.5. The Hall–Kier alpha value is -3.17. The van der Waals surface area contributed by atoms with Crippen LogP contribution in [0.25, 0.3) is 0 Å². The van der Waals surface area contributed by atoms with Crippen LogP contribution in [0.2, 0.25) is 0 Å². The minimum atomic E-state index is -1.19. The molecule has 1 aliphatic heterocycles. The van der Waals surface area contributed by atoms with Crippen molar-refractivity contribution in [1.82, 2.24) is 15.1 Å². The molecular weight excluding hydrogens is 479 g/mol. The second-order valence-corrected chi connectivity index (χ2v) is 10.5. The van der Waals surface area contributed by atoms with Crippen LogP contribution in [-0.4, -0.2) is 64.0 Å². The molecule has 1 aromatic rings. The summed E-state index contributed by atoms with van der Waals surface area (Å²) >= 11 is 0. The Morgan fingerprint density at radius 1 is 0.946 bits per heavy atom. The van der Waals surface area contributed by atoms with Gasteiger partial charge in [0.2, 0.25) is 5.91 Å². The Kier molecular flexibility index (Phi) is 9.00. The van der Waals surface area contributed by atoms with Crippen LogP contribution in [0, 0.1) is 17.7 Å². The second kappa shape index (κ2) is 12.4. The summed E-state index contributed by atoms with van der Waals surface area (Å²) in [6.45, 7) is 0.349. The standard InChI is InChI=1S/C27H37FN4O5/c28-20-12-7-13-21(16-20)29-27(37)32-15-14-31(26(36)19-10-5-2-6-11-19)25(32)24(35)30-22(17-23(33)34)18-8-3-1-4-9-18/h7,12-13,16,18-19,22,25H,1-6,8-11,14-15,17H2,(H,29,37)(H,30,35)(H,33,34). The van der Waals surface area contributed by atoms with Crippen molar-refractivity contribution in [2.75, 3.05) is 18.4 Å². The van der Waals surface area contributed by atoms with Gasteiger partial charge in [-0.2, -0.15) is 0 Å². The maximum atomic E-state index is 13.7. The van der Waals surface area contributed by atoms with Crippen LogP contribution in [0.5, 0.6) is 0 Å². The SMILES string of the molecule is O=C(O)CC(NC(=O)C1N(C(=O)Nc2cccc(F)c2)CCN1C(=O)C1CCCCC1)C1CCCCC1. The number of amides is 4. The van der Waals surface area contributed by atoms with Gasteiger partial charge in [-0.05, 0) is 49.8 Å². The number of anilines is 1. The van der Waals surface area contributed by atoms with E-state index in [9.17, 15) is 28.7 Å². The number of hydrogen-bond acceptors (Lipinski definition) is 4. The van der Waals surface area contributed by atoms with Gasteiger partial charge in [0.25, 0.3) is 5.91 Å². The molecule has 3 aliphatic rings. The molecule has 2 atom stereocenters. The fourth-order valence-corrected chi connectivity index (χ4v) is 6.02. The molecule has 0 aromatic heterocycles. The number of hydrogen-bond donors (Lipinski definition) is 3. The minimum Gasteiger partial charge on any atom is -0.481 e. The summed E-state index contributed by atoms with van der Waals surface area (Å²) in [5.74, 6) is -2.36. The van der Waals surface area contributed by atoms with Crippen LogP contribution >= 0.6 is 0 Å². The van der Waals surface area contributed by atoms with Crippen molar-refractivity contribution in [2.45, 2.75) is 82.8 Å². The largest absolute Gasteiger partial charge is 0.481 e. The molecule has 37 heavy (non-hydrogen) atoms. The molecule has 2 unspecified atom stereocenters. The van der Waals surface area contributed by atoms with Gasteiger partial charge in [-0.3, -0.25) is 19.3 Å². The van der Waals surface area contributed by atoms with E-state index in [0.29, 0.717) is 0 Å². The van der Waals surface area contributed by atoms with E-state index in [-0.39, 0.29) is 42.9 Å². The van der Waals surface area contributed by atoms with Gasteiger partial charge in [-0.25, -0.2) is 9.18 Å². The summed E-state index contributed by atoms with van der Waals surface area (Å²) in [7, 11) is 0. The molecule has 1 saturated heterocycles. The average Bonchev–Trinajstić information content (AvgIpc) is 3.34. The molecule has 4 amide bonds. The smallest absolute Gasteiger partial charge is 0.323 e. The Morgan fingerprint density at radius 2 is 1.59 bits per heavy atom. The Balaban J connectivity index is 1.55. The number of carboxylic acids is 1. The number of carboxylic acid groups (broad SMARTS) is 1. The van der Waals surface area contributed by atoms with Crippen LogP contribution in [0.1, 0.15) is 70.6 Å². The molecule has 4 rings (SSSR count). The number of urea groups is 1. The zero-order chi connectivity index (χ0) is 26.4. The van der Waals surface area contributed by atoms with Gasteiger partial charge in [0.15, 0.2) is 6.17 Å². The van der Waals surface area contributed by atoms with Gasteiger partial charge in [0.05, 0.1) is 6.42 Å². The lowest BCUT2D eigenvalue weighted by Gasteiger charge is -2.35. The van der Waals surface area contributed by atoms with Gasteiger partial charge in [0.1, 0.15) is 5.82 Å². The Bertz CT molecular complexity index is 993. The van der Waals surface area contributed by atoms with Crippen molar-refractivity contribution >= 4 is 29.5 Å². The summed E-state index contributed by atoms with van der Waals surface area (Å²) < 4.78 is 13.7. The van der Waals surface area contributed by atoms with Crippen molar-refractivity contribution in [2.24, 2.45) is 11.8 Å². The van der Waals surface area contributed by atoms with E-state index >= 15 is 0 Å². The van der Waals surface area contributed by atoms with Crippen molar-refractivity contribution < 1.29 is 28.7 Å². The van der Waals surface area contributed by atoms with Crippen LogP contribution in [0.4, 0.5) is 14.9 Å². The van der Waals surface area contributed by atoms with Crippen LogP contribution in [-0.2, 0) is 14.4 Å². The first-order valence-corrected chi connectivity index (χ1v) is 13.5. The zero-order valence-corrected chi connectivity index (χ0v) is 21.2. The van der Waals surface area contributed by atoms with Gasteiger partial charge < -0.3 is 20.6 Å². The molecule has 10 heteroatoms. The van der Waals surface area contributed by atoms with Gasteiger partial charge >= 0.3 is 12.0 Å². The second-order valence-electron chi connectivity index (χ2n) is 10.5. The fraction of sp³-hybridized carbons (Fsp3) is 0.630. The molecule has 2 saturated carbocycles. The highest BCUT2D eigenvalue weighted by Gasteiger charge is 2.45. The maximum Gasteiger partial charge on any atom is 0.323 e. The van der Waals surface area contributed by atoms with E-state index in [1.54, 1.807) is 6.07 Å². The summed E-state index contributed by atoms with van der Waals surface area (Å²) in [4.78, 5) is 54.8. The first kappa shape index (κ1) is 26.9. The van der Waals surface area contributed by atoms with Crippen LogP contribution in [0.15, 0.2) is 24.3 Å². The highest BCUT2D eigenvalue weighted by atomic mass is 19.1. The van der Waals surface area contributed by atoms with Crippen molar-refractivity contribution in [1.29, 1.82) is 0 Å². The number of nitrogens with zero attached hydrogens (tertiary/aromatic N) is 2. The molecule has 1 heterocycles. The quantitative estimate of drug-likeness (QED) is 0.507. The highest BCUT2D eigenvalue weighted by Crippen LogP contribution is 2.30. The molecule has 1 aromatic carbocycles. The van der Waals surface area contributed by atoms with E-state index in [1.807, 2.05) is 0 Å². The molecule has 3 fully saturated rings. The zero-order valence-electron chi connectivity index (χ0n) is 21.2. The topological polar surface area (TPSA) is 119 Å². The lowest BCUT2D eigenvalue weighted by Crippen LogP contribution is -2.58. The summed E-state index contributed by atoms with van der Waals surface area (Å²) in [6, 6.07) is 4.27. The fourth-order valence-electron chi connectivity index (χ4n) is 6.02. The third-order valence-electron chi connectivity index (χ3n) is 7.92. The monoisotopic (exact) mass is 516 g/mol. The normalized spacial score (nSPS) is 21.9. The number of carbonyl (C=O) groups excluding carboxylic acids is 3. The molecule has 3 N–H and O–H groups in total. The van der Waals surface area contributed by atoms with Crippen LogP contribution in [0.3, 0.4) is 0 Å². The molecular formula is C27H37FN4O5. The van der Waals surface area contributed by atoms with E-state index in [1.165, 1.54) is 28.0 Å². The summed E-state index contributed by atoms with van der Waals surface area (Å²) in [5, 5.41) is 15.1. The molecule has 9 nitrogen and oxygen atoms in total. The maximum absolute atomic E-state index is 13.7. The molecule has 0 bridgehead atoms. The number of carbonyl (C=O) groups is 4. The average molecular weight is 517 g/mol. The highest BCUT2D eigenvalue weighted by molar-refractivity contribution is 5.96. The van der Waals surface area contributed by atoms with E-state index < -0.39 is 35.9 Å². The summed E-state index contributed by atoms with van der Waals surface area (Å²) in [5.41, 5.74) is 0.243. The lowest BCUT2D eigenvalue weighted by atomic mass is 9.82. The third kappa shape index (κ3) is 6.78. The Morgan fingerprint density at radius 3 is 2.24 bits per heavy atom. The number of aliphatic carboxylic acids is 1. The first-order chi connectivity index (χ1) is 17.8. The predicted molar refractivity (Wildman–Crippen MR) is 135 cm³/mol. The molecule has 2 aliphatic carbocycles.